The summed E-state index contributed by atoms with van der Waals surface area (Å²) in [7, 11) is 8.94. The van der Waals surface area contributed by atoms with Crippen LogP contribution in [-0.2, 0) is 0 Å². The topological polar surface area (TPSA) is 0 Å². The zero-order chi connectivity index (χ0) is 17.4. The van der Waals surface area contributed by atoms with Gasteiger partial charge in [0.05, 0.1) is 60.3 Å². The molecule has 1 aliphatic carbocycles. The summed E-state index contributed by atoms with van der Waals surface area (Å²) in [6.07, 6.45) is 1.68. The van der Waals surface area contributed by atoms with Crippen LogP contribution in [0, 0.1) is 11.3 Å². The maximum absolute atomic E-state index is 13.1. The maximum atomic E-state index is 13.1. The highest BCUT2D eigenvalue weighted by Gasteiger charge is 2.50. The van der Waals surface area contributed by atoms with E-state index in [1.54, 1.807) is 0 Å². The smallest absolute Gasteiger partial charge is 0.331 e. The van der Waals surface area contributed by atoms with Crippen LogP contribution in [-0.4, -0.2) is 69.5 Å². The first-order valence-corrected chi connectivity index (χ1v) is 9.14. The van der Waals surface area contributed by atoms with Crippen molar-refractivity contribution in [3.05, 3.63) is 0 Å². The fourth-order valence-electron chi connectivity index (χ4n) is 4.59. The Bertz CT molecular complexity index is 390. The van der Waals surface area contributed by atoms with Crippen molar-refractivity contribution in [2.24, 2.45) is 11.3 Å². The van der Waals surface area contributed by atoms with Crippen molar-refractivity contribution in [1.82, 2.24) is 0 Å². The van der Waals surface area contributed by atoms with Crippen LogP contribution in [0.5, 0.6) is 0 Å². The van der Waals surface area contributed by atoms with Crippen LogP contribution >= 0.6 is 0 Å². The molecule has 0 radical (unpaired) electrons. The van der Waals surface area contributed by atoms with Crippen LogP contribution in [0.15, 0.2) is 0 Å². The van der Waals surface area contributed by atoms with Crippen molar-refractivity contribution in [2.75, 3.05) is 54.4 Å². The van der Waals surface area contributed by atoms with E-state index >= 15 is 0 Å². The Morgan fingerprint density at radius 3 is 2.22 bits per heavy atom. The molecule has 0 bridgehead atoms. The van der Waals surface area contributed by atoms with Crippen molar-refractivity contribution >= 4 is 0 Å². The van der Waals surface area contributed by atoms with Crippen LogP contribution in [0.4, 0.5) is 13.2 Å². The van der Waals surface area contributed by atoms with Gasteiger partial charge in [-0.25, -0.2) is 0 Å². The summed E-state index contributed by atoms with van der Waals surface area (Å²) in [4.78, 5) is 0. The van der Waals surface area contributed by atoms with Crippen molar-refractivity contribution in [2.45, 2.75) is 51.1 Å². The van der Waals surface area contributed by atoms with Gasteiger partial charge in [0.2, 0.25) is 0 Å². The molecule has 0 aromatic rings. The first kappa shape index (κ1) is 19.0. The molecular weight excluding hydrogens is 301 g/mol. The van der Waals surface area contributed by atoms with E-state index in [9.17, 15) is 13.2 Å². The van der Waals surface area contributed by atoms with Gasteiger partial charge in [-0.3, -0.25) is 0 Å². The third-order valence-corrected chi connectivity index (χ3v) is 6.29. The van der Waals surface area contributed by atoms with E-state index in [1.807, 2.05) is 0 Å². The van der Waals surface area contributed by atoms with E-state index in [0.29, 0.717) is 12.8 Å². The molecule has 1 unspecified atom stereocenters. The van der Waals surface area contributed by atoms with Crippen LogP contribution < -0.4 is 0 Å². The van der Waals surface area contributed by atoms with E-state index in [1.165, 1.54) is 6.42 Å². The molecule has 0 amide bonds. The van der Waals surface area contributed by atoms with E-state index in [0.717, 1.165) is 60.8 Å². The molecule has 2 rings (SSSR count). The van der Waals surface area contributed by atoms with E-state index in [2.05, 4.69) is 28.2 Å². The fraction of sp³-hybridized carbons (Fsp3) is 1.00. The second-order valence-corrected chi connectivity index (χ2v) is 9.49. The first-order valence-electron chi connectivity index (χ1n) is 9.14. The molecule has 1 spiro atoms. The number of nitrogens with zero attached hydrogens (tertiary/aromatic N) is 2. The van der Waals surface area contributed by atoms with Gasteiger partial charge in [-0.2, -0.15) is 13.2 Å². The Morgan fingerprint density at radius 1 is 1.09 bits per heavy atom. The Labute approximate surface area is 139 Å². The summed E-state index contributed by atoms with van der Waals surface area (Å²) in [5.74, 6) is -1.05. The number of piperidine rings is 1. The second-order valence-electron chi connectivity index (χ2n) is 9.49. The molecule has 0 N–H and O–H groups in total. The van der Waals surface area contributed by atoms with E-state index < -0.39 is 12.1 Å². The van der Waals surface area contributed by atoms with Crippen molar-refractivity contribution in [3.8, 4) is 0 Å². The van der Waals surface area contributed by atoms with E-state index in [-0.39, 0.29) is 5.41 Å². The predicted molar refractivity (Wildman–Crippen MR) is 88.0 cm³/mol. The van der Waals surface area contributed by atoms with Gasteiger partial charge in [-0.15, -0.1) is 0 Å². The summed E-state index contributed by atoms with van der Waals surface area (Å²) in [5, 5.41) is 0. The van der Waals surface area contributed by atoms with Gasteiger partial charge in [-0.1, -0.05) is 6.42 Å². The minimum Gasteiger partial charge on any atom is -0.331 e. The van der Waals surface area contributed by atoms with Crippen LogP contribution in [0.2, 0.25) is 0 Å². The lowest BCUT2D eigenvalue weighted by Gasteiger charge is -2.50. The average molecular weight is 336 g/mol. The number of halogens is 3. The number of rotatable bonds is 4. The number of quaternary nitrogens is 2. The normalized spacial score (nSPS) is 36.4. The quantitative estimate of drug-likeness (QED) is 0.679. The molecule has 5 heteroatoms. The minimum atomic E-state index is -3.99. The van der Waals surface area contributed by atoms with Crippen LogP contribution in [0.3, 0.4) is 0 Å². The van der Waals surface area contributed by atoms with Crippen LogP contribution in [0.1, 0.15) is 44.9 Å². The number of hydrogen-bond acceptors (Lipinski definition) is 0. The largest absolute Gasteiger partial charge is 0.391 e. The zero-order valence-corrected chi connectivity index (χ0v) is 15.4. The first-order chi connectivity index (χ1) is 10.4. The fourth-order valence-corrected chi connectivity index (χ4v) is 4.59. The van der Waals surface area contributed by atoms with Gasteiger partial charge in [0, 0.05) is 19.3 Å². The SMILES string of the molecule is C[N+](C)(C)CCC[N+]1(C)CCC2(CCCC(C(F)(F)F)C2)CC1. The van der Waals surface area contributed by atoms with Crippen molar-refractivity contribution in [3.63, 3.8) is 0 Å². The molecule has 2 fully saturated rings. The molecule has 23 heavy (non-hydrogen) atoms. The number of alkyl halides is 3. The standard InChI is InChI=1S/C18H35F3N2/c1-22(2,3)11-6-12-23(4)13-9-17(10-14-23)8-5-7-16(15-17)18(19,20)21/h16H,5-15H2,1-4H3/q+2. The molecule has 1 atom stereocenters. The molecule has 1 saturated carbocycles. The Kier molecular flexibility index (Phi) is 5.42. The van der Waals surface area contributed by atoms with Crippen molar-refractivity contribution in [1.29, 1.82) is 0 Å². The monoisotopic (exact) mass is 336 g/mol. The van der Waals surface area contributed by atoms with Gasteiger partial charge >= 0.3 is 6.18 Å². The molecule has 1 saturated heterocycles. The highest BCUT2D eigenvalue weighted by molar-refractivity contribution is 4.90. The van der Waals surface area contributed by atoms with Gasteiger partial charge in [-0.05, 0) is 24.7 Å². The van der Waals surface area contributed by atoms with Gasteiger partial charge < -0.3 is 8.97 Å². The summed E-state index contributed by atoms with van der Waals surface area (Å²) in [6, 6.07) is 0. The highest BCUT2D eigenvalue weighted by atomic mass is 19.4. The summed E-state index contributed by atoms with van der Waals surface area (Å²) in [6.45, 7) is 4.44. The third-order valence-electron chi connectivity index (χ3n) is 6.29. The molecule has 0 aromatic heterocycles. The summed E-state index contributed by atoms with van der Waals surface area (Å²) >= 11 is 0. The number of hydrogen-bond donors (Lipinski definition) is 0. The molecule has 2 nitrogen and oxygen atoms in total. The molecular formula is C18H35F3N2+2. The molecule has 2 aliphatic rings. The minimum absolute atomic E-state index is 0.0176. The van der Waals surface area contributed by atoms with Gasteiger partial charge in [0.15, 0.2) is 0 Å². The molecule has 0 aromatic carbocycles. The van der Waals surface area contributed by atoms with Crippen LogP contribution in [0.25, 0.3) is 0 Å². The number of likely N-dealkylation sites (tertiary alicyclic amines) is 1. The predicted octanol–water partition coefficient (Wildman–Crippen LogP) is 4.06. The second kappa shape index (κ2) is 6.55. The van der Waals surface area contributed by atoms with Gasteiger partial charge in [0.1, 0.15) is 0 Å². The lowest BCUT2D eigenvalue weighted by atomic mass is 9.64. The Balaban J connectivity index is 1.87. The lowest BCUT2D eigenvalue weighted by molar-refractivity contribution is -0.923. The average Bonchev–Trinajstić information content (AvgIpc) is 2.41. The zero-order valence-electron chi connectivity index (χ0n) is 15.4. The van der Waals surface area contributed by atoms with Crippen molar-refractivity contribution < 1.29 is 22.1 Å². The van der Waals surface area contributed by atoms with Gasteiger partial charge in [0.25, 0.3) is 0 Å². The lowest BCUT2D eigenvalue weighted by Crippen LogP contribution is -2.55. The van der Waals surface area contributed by atoms with E-state index in [4.69, 9.17) is 0 Å². The Morgan fingerprint density at radius 2 is 1.70 bits per heavy atom. The molecule has 136 valence electrons. The maximum Gasteiger partial charge on any atom is 0.391 e. The third kappa shape index (κ3) is 5.35. The molecule has 1 heterocycles. The molecule has 1 aliphatic heterocycles. The summed E-state index contributed by atoms with van der Waals surface area (Å²) in [5.41, 5.74) is -0.0176. The summed E-state index contributed by atoms with van der Waals surface area (Å²) < 4.78 is 41.3. The Hall–Kier alpha value is -0.290. The highest BCUT2D eigenvalue weighted by Crippen LogP contribution is 2.51.